The molecule has 1 aromatic carbocycles. The molecule has 3 aromatic rings. The predicted octanol–water partition coefficient (Wildman–Crippen LogP) is 3.04. The van der Waals surface area contributed by atoms with Gasteiger partial charge < -0.3 is 14.4 Å². The Kier molecular flexibility index (Phi) is 4.36. The van der Waals surface area contributed by atoms with E-state index < -0.39 is 0 Å². The summed E-state index contributed by atoms with van der Waals surface area (Å²) < 4.78 is 12.7. The van der Waals surface area contributed by atoms with Crippen molar-refractivity contribution >= 4 is 11.6 Å². The lowest BCUT2D eigenvalue weighted by molar-refractivity contribution is 0.355. The van der Waals surface area contributed by atoms with E-state index in [1.807, 2.05) is 28.9 Å². The number of rotatable bonds is 4. The van der Waals surface area contributed by atoms with Gasteiger partial charge in [-0.1, -0.05) is 13.0 Å². The zero-order valence-electron chi connectivity index (χ0n) is 15.3. The molecule has 1 aliphatic heterocycles. The van der Waals surface area contributed by atoms with Crippen molar-refractivity contribution in [2.45, 2.75) is 19.8 Å². The smallest absolute Gasteiger partial charge is 0.254 e. The van der Waals surface area contributed by atoms with Crippen molar-refractivity contribution in [1.82, 2.24) is 19.6 Å². The molecule has 7 nitrogen and oxygen atoms in total. The van der Waals surface area contributed by atoms with E-state index in [0.717, 1.165) is 30.0 Å². The van der Waals surface area contributed by atoms with Gasteiger partial charge in [0.1, 0.15) is 12.1 Å². The molecule has 0 unspecified atom stereocenters. The number of hydrogen-bond donors (Lipinski definition) is 0. The zero-order valence-corrected chi connectivity index (χ0v) is 15.3. The van der Waals surface area contributed by atoms with Crippen molar-refractivity contribution in [3.63, 3.8) is 0 Å². The van der Waals surface area contributed by atoms with Crippen LogP contribution >= 0.6 is 0 Å². The molecule has 4 rings (SSSR count). The van der Waals surface area contributed by atoms with Gasteiger partial charge in [-0.05, 0) is 36.5 Å². The number of ether oxygens (including phenoxy) is 2. The van der Waals surface area contributed by atoms with Gasteiger partial charge in [0, 0.05) is 24.8 Å². The molecule has 7 heteroatoms. The maximum atomic E-state index is 5.48. The first-order valence-electron chi connectivity index (χ1n) is 8.87. The maximum Gasteiger partial charge on any atom is 0.254 e. The van der Waals surface area contributed by atoms with E-state index in [4.69, 9.17) is 9.47 Å². The van der Waals surface area contributed by atoms with Crippen LogP contribution in [0.1, 0.15) is 19.8 Å². The van der Waals surface area contributed by atoms with E-state index >= 15 is 0 Å². The molecule has 0 bridgehead atoms. The molecule has 0 radical (unpaired) electrons. The number of methoxy groups -OCH3 is 2. The normalized spacial score (nSPS) is 17.5. The van der Waals surface area contributed by atoms with Crippen LogP contribution in [0.15, 0.2) is 30.7 Å². The van der Waals surface area contributed by atoms with Crippen LogP contribution in [0.5, 0.6) is 11.5 Å². The average molecular weight is 353 g/mol. The van der Waals surface area contributed by atoms with Crippen molar-refractivity contribution in [3.05, 3.63) is 30.7 Å². The standard InChI is InChI=1S/C19H23N5O2/c1-13-5-4-8-23(11-13)18-15(10-20-19-21-12-22-24(18)19)14-6-7-16(25-2)17(9-14)26-3/h6-7,9-10,12-13H,4-5,8,11H2,1-3H3/t13-/m0/s1. The number of hydrogen-bond acceptors (Lipinski definition) is 6. The van der Waals surface area contributed by atoms with Gasteiger partial charge in [0.2, 0.25) is 0 Å². The lowest BCUT2D eigenvalue weighted by atomic mass is 9.99. The second-order valence-corrected chi connectivity index (χ2v) is 6.73. The van der Waals surface area contributed by atoms with Crippen molar-refractivity contribution in [2.75, 3.05) is 32.2 Å². The number of benzene rings is 1. The Balaban J connectivity index is 1.88. The predicted molar refractivity (Wildman–Crippen MR) is 99.9 cm³/mol. The summed E-state index contributed by atoms with van der Waals surface area (Å²) >= 11 is 0. The summed E-state index contributed by atoms with van der Waals surface area (Å²) in [4.78, 5) is 11.1. The molecule has 0 spiro atoms. The Morgan fingerprint density at radius 2 is 1.96 bits per heavy atom. The van der Waals surface area contributed by atoms with Crippen LogP contribution in [0.2, 0.25) is 0 Å². The van der Waals surface area contributed by atoms with E-state index in [0.29, 0.717) is 23.2 Å². The third-order valence-corrected chi connectivity index (χ3v) is 4.93. The molecule has 136 valence electrons. The van der Waals surface area contributed by atoms with E-state index in [1.165, 1.54) is 12.8 Å². The SMILES string of the molecule is COc1ccc(-c2cnc3ncnn3c2N2CCC[C@H](C)C2)cc1OC. The molecular formula is C19H23N5O2. The van der Waals surface area contributed by atoms with Crippen LogP contribution in [0.25, 0.3) is 16.9 Å². The van der Waals surface area contributed by atoms with Gasteiger partial charge in [0.15, 0.2) is 11.5 Å². The third-order valence-electron chi connectivity index (χ3n) is 4.93. The van der Waals surface area contributed by atoms with E-state index in [9.17, 15) is 0 Å². The van der Waals surface area contributed by atoms with Crippen molar-refractivity contribution in [3.8, 4) is 22.6 Å². The van der Waals surface area contributed by atoms with Gasteiger partial charge in [-0.2, -0.15) is 14.6 Å². The minimum Gasteiger partial charge on any atom is -0.493 e. The Bertz CT molecular complexity index is 923. The highest BCUT2D eigenvalue weighted by Gasteiger charge is 2.23. The summed E-state index contributed by atoms with van der Waals surface area (Å²) in [5, 5.41) is 4.43. The van der Waals surface area contributed by atoms with Crippen LogP contribution in [0, 0.1) is 5.92 Å². The second-order valence-electron chi connectivity index (χ2n) is 6.73. The van der Waals surface area contributed by atoms with Gasteiger partial charge in [-0.15, -0.1) is 0 Å². The molecule has 0 saturated carbocycles. The monoisotopic (exact) mass is 353 g/mol. The highest BCUT2D eigenvalue weighted by molar-refractivity contribution is 5.78. The number of anilines is 1. The fourth-order valence-corrected chi connectivity index (χ4v) is 3.66. The number of aromatic nitrogens is 4. The Hall–Kier alpha value is -2.83. The van der Waals surface area contributed by atoms with Gasteiger partial charge in [0.25, 0.3) is 5.78 Å². The van der Waals surface area contributed by atoms with Gasteiger partial charge in [0.05, 0.1) is 14.2 Å². The summed E-state index contributed by atoms with van der Waals surface area (Å²) in [7, 11) is 3.29. The third kappa shape index (κ3) is 2.83. The molecule has 1 fully saturated rings. The maximum absolute atomic E-state index is 5.48. The molecule has 0 aliphatic carbocycles. The highest BCUT2D eigenvalue weighted by atomic mass is 16.5. The second kappa shape index (κ2) is 6.82. The number of piperidine rings is 1. The highest BCUT2D eigenvalue weighted by Crippen LogP contribution is 2.37. The largest absolute Gasteiger partial charge is 0.493 e. The number of nitrogens with zero attached hydrogens (tertiary/aromatic N) is 5. The molecule has 1 atom stereocenters. The fourth-order valence-electron chi connectivity index (χ4n) is 3.66. The topological polar surface area (TPSA) is 64.8 Å². The lowest BCUT2D eigenvalue weighted by Gasteiger charge is -2.33. The van der Waals surface area contributed by atoms with Gasteiger partial charge >= 0.3 is 0 Å². The van der Waals surface area contributed by atoms with Crippen molar-refractivity contribution < 1.29 is 9.47 Å². The first-order valence-corrected chi connectivity index (χ1v) is 8.87. The average Bonchev–Trinajstić information content (AvgIpc) is 3.15. The molecular weight excluding hydrogens is 330 g/mol. The minimum absolute atomic E-state index is 0.613. The summed E-state index contributed by atoms with van der Waals surface area (Å²) in [5.41, 5.74) is 2.03. The Morgan fingerprint density at radius 3 is 2.73 bits per heavy atom. The van der Waals surface area contributed by atoms with E-state index in [1.54, 1.807) is 20.5 Å². The quantitative estimate of drug-likeness (QED) is 0.718. The zero-order chi connectivity index (χ0) is 18.1. The fraction of sp³-hybridized carbons (Fsp3) is 0.421. The molecule has 3 heterocycles. The summed E-state index contributed by atoms with van der Waals surface area (Å²) in [6, 6.07) is 5.93. The van der Waals surface area contributed by atoms with Crippen LogP contribution < -0.4 is 14.4 Å². The summed E-state index contributed by atoms with van der Waals surface area (Å²) in [5.74, 6) is 3.70. The Labute approximate surface area is 152 Å². The molecule has 26 heavy (non-hydrogen) atoms. The van der Waals surface area contributed by atoms with Crippen LogP contribution in [-0.4, -0.2) is 46.9 Å². The van der Waals surface area contributed by atoms with Crippen LogP contribution in [0.3, 0.4) is 0 Å². The van der Waals surface area contributed by atoms with Crippen molar-refractivity contribution in [2.24, 2.45) is 5.92 Å². The van der Waals surface area contributed by atoms with E-state index in [2.05, 4.69) is 26.9 Å². The number of fused-ring (bicyclic) bond motifs is 1. The first kappa shape index (κ1) is 16.6. The van der Waals surface area contributed by atoms with Gasteiger partial charge in [-0.25, -0.2) is 4.98 Å². The Morgan fingerprint density at radius 1 is 1.12 bits per heavy atom. The molecule has 2 aromatic heterocycles. The molecule has 0 N–H and O–H groups in total. The lowest BCUT2D eigenvalue weighted by Crippen LogP contribution is -2.36. The van der Waals surface area contributed by atoms with Crippen molar-refractivity contribution in [1.29, 1.82) is 0 Å². The minimum atomic E-state index is 0.613. The van der Waals surface area contributed by atoms with Gasteiger partial charge in [-0.3, -0.25) is 0 Å². The summed E-state index contributed by atoms with van der Waals surface area (Å²) in [6.07, 6.45) is 5.86. The molecule has 0 amide bonds. The van der Waals surface area contributed by atoms with E-state index in [-0.39, 0.29) is 0 Å². The summed E-state index contributed by atoms with van der Waals surface area (Å²) in [6.45, 7) is 4.30. The molecule has 1 saturated heterocycles. The van der Waals surface area contributed by atoms with Crippen LogP contribution in [-0.2, 0) is 0 Å². The first-order chi connectivity index (χ1) is 12.7. The molecule has 1 aliphatic rings. The van der Waals surface area contributed by atoms with Crippen LogP contribution in [0.4, 0.5) is 5.82 Å².